The van der Waals surface area contributed by atoms with E-state index >= 15 is 0 Å². The van der Waals surface area contributed by atoms with E-state index in [-0.39, 0.29) is 0 Å². The fraction of sp³-hybridized carbons (Fsp3) is 0.375. The van der Waals surface area contributed by atoms with Crippen LogP contribution in [0.15, 0.2) is 36.4 Å². The van der Waals surface area contributed by atoms with Gasteiger partial charge in [0.2, 0.25) is 17.7 Å². The maximum Gasteiger partial charge on any atom is 0.418 e. The molecule has 0 aromatic heterocycles. The van der Waals surface area contributed by atoms with Gasteiger partial charge in [0.1, 0.15) is 5.54 Å². The van der Waals surface area contributed by atoms with E-state index < -0.39 is 58.6 Å². The highest BCUT2D eigenvalue weighted by molar-refractivity contribution is 6.31. The lowest BCUT2D eigenvalue weighted by Crippen LogP contribution is -2.54. The van der Waals surface area contributed by atoms with Crippen LogP contribution in [0, 0.1) is 18.8 Å². The molecular weight excluding hydrogens is 471 g/mol. The lowest BCUT2D eigenvalue weighted by atomic mass is 9.75. The normalized spacial score (nSPS) is 30.2. The molecule has 0 aliphatic carbocycles. The van der Waals surface area contributed by atoms with E-state index in [2.05, 4.69) is 5.32 Å². The first-order valence-electron chi connectivity index (χ1n) is 11.0. The highest BCUT2D eigenvalue weighted by Gasteiger charge is 2.75. The quantitative estimate of drug-likeness (QED) is 0.612. The molecule has 4 heterocycles. The van der Waals surface area contributed by atoms with Crippen molar-refractivity contribution in [2.75, 3.05) is 16.8 Å². The third kappa shape index (κ3) is 2.49. The molecule has 0 unspecified atom stereocenters. The van der Waals surface area contributed by atoms with Crippen molar-refractivity contribution in [3.8, 4) is 0 Å². The minimum Gasteiger partial charge on any atom is -0.324 e. The third-order valence-electron chi connectivity index (χ3n) is 7.71. The van der Waals surface area contributed by atoms with Crippen LogP contribution in [-0.2, 0) is 26.1 Å². The Hall–Kier alpha value is -2.91. The molecule has 6 rings (SSSR count). The molecule has 4 aliphatic rings. The maximum atomic E-state index is 13.9. The van der Waals surface area contributed by atoms with Crippen LogP contribution in [0.4, 0.5) is 24.5 Å². The molecule has 4 atom stereocenters. The van der Waals surface area contributed by atoms with Gasteiger partial charge in [-0.05, 0) is 56.1 Å². The zero-order valence-electron chi connectivity index (χ0n) is 17.9. The molecule has 34 heavy (non-hydrogen) atoms. The van der Waals surface area contributed by atoms with E-state index in [1.807, 2.05) is 4.90 Å². The van der Waals surface area contributed by atoms with Crippen molar-refractivity contribution < 1.29 is 27.6 Å². The summed E-state index contributed by atoms with van der Waals surface area (Å²) in [6, 6.07) is 7.44. The van der Waals surface area contributed by atoms with Crippen molar-refractivity contribution >= 4 is 40.7 Å². The fourth-order valence-electron chi connectivity index (χ4n) is 6.58. The summed E-state index contributed by atoms with van der Waals surface area (Å²) in [6.45, 7) is 2.28. The molecule has 3 saturated heterocycles. The van der Waals surface area contributed by atoms with Gasteiger partial charge in [-0.2, -0.15) is 13.2 Å². The molecule has 10 heteroatoms. The molecule has 3 amide bonds. The first kappa shape index (κ1) is 21.6. The van der Waals surface area contributed by atoms with Gasteiger partial charge in [0.05, 0.1) is 23.1 Å². The van der Waals surface area contributed by atoms with Gasteiger partial charge < -0.3 is 5.32 Å². The smallest absolute Gasteiger partial charge is 0.324 e. The predicted molar refractivity (Wildman–Crippen MR) is 117 cm³/mol. The molecule has 0 radical (unpaired) electrons. The lowest BCUT2D eigenvalue weighted by Gasteiger charge is -2.37. The number of halogens is 4. The SMILES string of the molecule is Cc1cc(Cl)cc2c1NC(=O)[C@@]21[C@@H]2C(=O)N(c3ccccc3C(F)(F)F)C(=O)[C@H]2[C@H]2CCCN21. The fourth-order valence-corrected chi connectivity index (χ4v) is 6.85. The highest BCUT2D eigenvalue weighted by atomic mass is 35.5. The van der Waals surface area contributed by atoms with Gasteiger partial charge in [-0.15, -0.1) is 0 Å². The minimum atomic E-state index is -4.76. The first-order valence-corrected chi connectivity index (χ1v) is 11.4. The Bertz CT molecular complexity index is 1300. The maximum absolute atomic E-state index is 13.9. The second-order valence-electron chi connectivity index (χ2n) is 9.30. The Labute approximate surface area is 197 Å². The Morgan fingerprint density at radius 2 is 1.85 bits per heavy atom. The number of nitrogens with zero attached hydrogens (tertiary/aromatic N) is 2. The van der Waals surface area contributed by atoms with Crippen molar-refractivity contribution in [1.29, 1.82) is 0 Å². The van der Waals surface area contributed by atoms with Gasteiger partial charge in [-0.25, -0.2) is 4.90 Å². The number of benzene rings is 2. The number of amides is 3. The molecule has 1 spiro atoms. The number of aryl methyl sites for hydroxylation is 1. The molecule has 2 aromatic carbocycles. The van der Waals surface area contributed by atoms with Gasteiger partial charge in [0.25, 0.3) is 0 Å². The van der Waals surface area contributed by atoms with E-state index in [9.17, 15) is 27.6 Å². The van der Waals surface area contributed by atoms with E-state index in [4.69, 9.17) is 11.6 Å². The van der Waals surface area contributed by atoms with E-state index in [1.165, 1.54) is 12.1 Å². The van der Waals surface area contributed by atoms with Crippen LogP contribution in [0.25, 0.3) is 0 Å². The number of para-hydroxylation sites is 1. The van der Waals surface area contributed by atoms with Crippen LogP contribution in [0.3, 0.4) is 0 Å². The van der Waals surface area contributed by atoms with Crippen LogP contribution >= 0.6 is 11.6 Å². The molecule has 2 aromatic rings. The summed E-state index contributed by atoms with van der Waals surface area (Å²) < 4.78 is 41.3. The summed E-state index contributed by atoms with van der Waals surface area (Å²) in [5.74, 6) is -4.00. The summed E-state index contributed by atoms with van der Waals surface area (Å²) in [6.07, 6.45) is -3.48. The van der Waals surface area contributed by atoms with Gasteiger partial charge in [0, 0.05) is 22.3 Å². The van der Waals surface area contributed by atoms with Gasteiger partial charge in [0.15, 0.2) is 0 Å². The lowest BCUT2D eigenvalue weighted by molar-refractivity contribution is -0.138. The van der Waals surface area contributed by atoms with Crippen LogP contribution in [-0.4, -0.2) is 35.2 Å². The van der Waals surface area contributed by atoms with Crippen molar-refractivity contribution in [2.24, 2.45) is 11.8 Å². The highest BCUT2D eigenvalue weighted by Crippen LogP contribution is 2.61. The number of carbonyl (C=O) groups excluding carboxylic acids is 3. The van der Waals surface area contributed by atoms with Crippen molar-refractivity contribution in [3.63, 3.8) is 0 Å². The summed E-state index contributed by atoms with van der Waals surface area (Å²) in [5, 5.41) is 3.25. The van der Waals surface area contributed by atoms with Crippen LogP contribution in [0.5, 0.6) is 0 Å². The standard InChI is InChI=1S/C24H19ClF3N3O3/c1-11-9-12(25)10-14-19(11)29-22(34)23(14)18-17(16-7-4-8-30(16)23)20(32)31(21(18)33)15-6-3-2-5-13(15)24(26,27)28/h2-3,5-6,9-10,16-18H,4,7-8H2,1H3,(H,29,34)/t16-,17+,18+,23+/m1/s1. The zero-order valence-corrected chi connectivity index (χ0v) is 18.7. The number of alkyl halides is 3. The summed E-state index contributed by atoms with van der Waals surface area (Å²) in [4.78, 5) is 43.8. The zero-order chi connectivity index (χ0) is 24.2. The molecule has 1 N–H and O–H groups in total. The third-order valence-corrected chi connectivity index (χ3v) is 7.93. The average Bonchev–Trinajstić information content (AvgIpc) is 3.46. The molecule has 176 valence electrons. The van der Waals surface area contributed by atoms with Crippen LogP contribution in [0.1, 0.15) is 29.5 Å². The Balaban J connectivity index is 1.58. The number of carbonyl (C=O) groups is 3. The molecule has 0 bridgehead atoms. The van der Waals surface area contributed by atoms with Crippen molar-refractivity contribution in [2.45, 2.75) is 37.5 Å². The van der Waals surface area contributed by atoms with Gasteiger partial charge in [-0.1, -0.05) is 23.7 Å². The second-order valence-corrected chi connectivity index (χ2v) is 9.74. The molecule has 4 aliphatic heterocycles. The van der Waals surface area contributed by atoms with E-state index in [0.29, 0.717) is 46.1 Å². The molecular formula is C24H19ClF3N3O3. The monoisotopic (exact) mass is 489 g/mol. The average molecular weight is 490 g/mol. The molecule has 6 nitrogen and oxygen atoms in total. The largest absolute Gasteiger partial charge is 0.418 e. The minimum absolute atomic E-state index is 0.377. The summed E-state index contributed by atoms with van der Waals surface area (Å²) in [7, 11) is 0. The predicted octanol–water partition coefficient (Wildman–Crippen LogP) is 4.10. The van der Waals surface area contributed by atoms with Crippen molar-refractivity contribution in [3.05, 3.63) is 58.1 Å². The number of nitrogens with one attached hydrogen (secondary N) is 1. The number of rotatable bonds is 1. The molecule has 3 fully saturated rings. The number of hydrogen-bond acceptors (Lipinski definition) is 4. The topological polar surface area (TPSA) is 69.7 Å². The Morgan fingerprint density at radius 3 is 2.59 bits per heavy atom. The second kappa shape index (κ2) is 6.82. The number of fused-ring (bicyclic) bond motifs is 7. The van der Waals surface area contributed by atoms with Gasteiger partial charge in [-0.3, -0.25) is 19.3 Å². The van der Waals surface area contributed by atoms with Crippen LogP contribution in [0.2, 0.25) is 5.02 Å². The number of imide groups is 1. The summed E-state index contributed by atoms with van der Waals surface area (Å²) >= 11 is 6.34. The van der Waals surface area contributed by atoms with Crippen LogP contribution < -0.4 is 10.2 Å². The molecule has 0 saturated carbocycles. The van der Waals surface area contributed by atoms with E-state index in [0.717, 1.165) is 12.1 Å². The Kier molecular flexibility index (Phi) is 4.34. The first-order chi connectivity index (χ1) is 16.1. The Morgan fingerprint density at radius 1 is 1.12 bits per heavy atom. The van der Waals surface area contributed by atoms with Crippen molar-refractivity contribution in [1.82, 2.24) is 4.90 Å². The van der Waals surface area contributed by atoms with Gasteiger partial charge >= 0.3 is 6.18 Å². The number of hydrogen-bond donors (Lipinski definition) is 1. The van der Waals surface area contributed by atoms with E-state index in [1.54, 1.807) is 19.1 Å². The summed E-state index contributed by atoms with van der Waals surface area (Å²) in [5.41, 5.74) is -1.30. The number of anilines is 2.